The van der Waals surface area contributed by atoms with Gasteiger partial charge in [0.15, 0.2) is 17.5 Å². The minimum absolute atomic E-state index is 0.562. The van der Waals surface area contributed by atoms with Gasteiger partial charge in [-0.2, -0.15) is 0 Å². The van der Waals surface area contributed by atoms with E-state index >= 15 is 0 Å². The Labute approximate surface area is 303 Å². The minimum atomic E-state index is 0.562. The van der Waals surface area contributed by atoms with Crippen molar-refractivity contribution >= 4 is 43.5 Å². The van der Waals surface area contributed by atoms with E-state index in [-0.39, 0.29) is 0 Å². The first-order valence-electron chi connectivity index (χ1n) is 17.1. The summed E-state index contributed by atoms with van der Waals surface area (Å²) in [7, 11) is 0. The molecule has 10 aromatic rings. The Hall–Kier alpha value is -6.76. The molecule has 0 spiro atoms. The van der Waals surface area contributed by atoms with Crippen molar-refractivity contribution in [3.8, 4) is 67.0 Å². The van der Waals surface area contributed by atoms with Crippen LogP contribution in [0.3, 0.4) is 0 Å². The summed E-state index contributed by atoms with van der Waals surface area (Å²) in [6.45, 7) is 0. The lowest BCUT2D eigenvalue weighted by molar-refractivity contribution is 0.670. The molecule has 0 saturated carbocycles. The highest BCUT2D eigenvalue weighted by molar-refractivity contribution is 7.21. The monoisotopic (exact) mass is 684 g/mol. The fourth-order valence-electron chi connectivity index (χ4n) is 6.83. The van der Waals surface area contributed by atoms with E-state index in [1.807, 2.05) is 78.9 Å². The number of nitrogens with zero attached hydrogens (tertiary/aromatic N) is 4. The summed E-state index contributed by atoms with van der Waals surface area (Å²) >= 11 is 1.71. The highest BCUT2D eigenvalue weighted by atomic mass is 32.1. The Morgan fingerprint density at radius 2 is 0.904 bits per heavy atom. The van der Waals surface area contributed by atoms with Crippen molar-refractivity contribution < 1.29 is 4.42 Å². The summed E-state index contributed by atoms with van der Waals surface area (Å²) < 4.78 is 8.01. The van der Waals surface area contributed by atoms with E-state index in [1.165, 1.54) is 11.1 Å². The molecular weight excluding hydrogens is 657 g/mol. The Morgan fingerprint density at radius 1 is 0.365 bits per heavy atom. The third-order valence-electron chi connectivity index (χ3n) is 9.38. The van der Waals surface area contributed by atoms with E-state index in [9.17, 15) is 0 Å². The largest absolute Gasteiger partial charge is 0.455 e. The van der Waals surface area contributed by atoms with Gasteiger partial charge in [-0.3, -0.25) is 0 Å². The molecule has 52 heavy (non-hydrogen) atoms. The number of thiazole rings is 1. The van der Waals surface area contributed by atoms with Crippen LogP contribution in [0.25, 0.3) is 99.1 Å². The molecule has 7 aromatic carbocycles. The molecule has 6 heteroatoms. The van der Waals surface area contributed by atoms with Crippen LogP contribution in [-0.2, 0) is 0 Å². The number of fused-ring (bicyclic) bond motifs is 4. The maximum absolute atomic E-state index is 6.85. The van der Waals surface area contributed by atoms with Gasteiger partial charge >= 0.3 is 0 Å². The van der Waals surface area contributed by atoms with E-state index < -0.39 is 0 Å². The molecule has 3 aromatic heterocycles. The molecule has 244 valence electrons. The zero-order valence-electron chi connectivity index (χ0n) is 27.8. The first-order chi connectivity index (χ1) is 25.7. The molecule has 5 nitrogen and oxygen atoms in total. The molecule has 0 aliphatic rings. The fraction of sp³-hybridized carbons (Fsp3) is 0. The first-order valence-corrected chi connectivity index (χ1v) is 18.0. The maximum atomic E-state index is 6.85. The topological polar surface area (TPSA) is 64.7 Å². The predicted octanol–water partition coefficient (Wildman–Crippen LogP) is 12.4. The van der Waals surface area contributed by atoms with Crippen molar-refractivity contribution in [3.63, 3.8) is 0 Å². The molecule has 0 amide bonds. The number of rotatable bonds is 6. The minimum Gasteiger partial charge on any atom is -0.455 e. The van der Waals surface area contributed by atoms with Crippen LogP contribution in [0.1, 0.15) is 0 Å². The van der Waals surface area contributed by atoms with Gasteiger partial charge < -0.3 is 4.42 Å². The third-order valence-corrected chi connectivity index (χ3v) is 10.5. The first kappa shape index (κ1) is 30.1. The normalized spacial score (nSPS) is 11.5. The Balaban J connectivity index is 1.08. The SMILES string of the molecule is c1ccc(-c2ccc3sc(-c4cccc(-c5cccc6c5oc5c(-c7nc(-c8ccccc8)nc(-c8ccccc8)n7)cccc56)c4)nc3c2)cc1. The molecule has 3 heterocycles. The zero-order chi connectivity index (χ0) is 34.4. The van der Waals surface area contributed by atoms with Crippen LogP contribution in [0.5, 0.6) is 0 Å². The lowest BCUT2D eigenvalue weighted by atomic mass is 10.0. The second kappa shape index (κ2) is 12.5. The van der Waals surface area contributed by atoms with Crippen LogP contribution in [-0.4, -0.2) is 19.9 Å². The van der Waals surface area contributed by atoms with Crippen LogP contribution in [0.15, 0.2) is 174 Å². The van der Waals surface area contributed by atoms with Crippen LogP contribution < -0.4 is 0 Å². The molecule has 0 bridgehead atoms. The third kappa shape index (κ3) is 5.34. The maximum Gasteiger partial charge on any atom is 0.167 e. The van der Waals surface area contributed by atoms with E-state index in [2.05, 4.69) is 91.0 Å². The number of benzene rings is 7. The zero-order valence-corrected chi connectivity index (χ0v) is 28.6. The summed E-state index contributed by atoms with van der Waals surface area (Å²) in [4.78, 5) is 20.0. The van der Waals surface area contributed by atoms with E-state index in [1.54, 1.807) is 11.3 Å². The van der Waals surface area contributed by atoms with Gasteiger partial charge in [0.2, 0.25) is 0 Å². The van der Waals surface area contributed by atoms with Gasteiger partial charge in [0.1, 0.15) is 16.2 Å². The quantitative estimate of drug-likeness (QED) is 0.174. The number of hydrogen-bond acceptors (Lipinski definition) is 6. The van der Waals surface area contributed by atoms with Crippen LogP contribution >= 0.6 is 11.3 Å². The van der Waals surface area contributed by atoms with Crippen LogP contribution in [0, 0.1) is 0 Å². The van der Waals surface area contributed by atoms with Gasteiger partial charge in [-0.25, -0.2) is 19.9 Å². The Morgan fingerprint density at radius 3 is 1.58 bits per heavy atom. The van der Waals surface area contributed by atoms with Crippen molar-refractivity contribution in [3.05, 3.63) is 170 Å². The van der Waals surface area contributed by atoms with Gasteiger partial charge in [0, 0.05) is 33.0 Å². The van der Waals surface area contributed by atoms with Gasteiger partial charge in [-0.1, -0.05) is 146 Å². The Kier molecular flexibility index (Phi) is 7.25. The van der Waals surface area contributed by atoms with Crippen molar-refractivity contribution in [2.45, 2.75) is 0 Å². The molecule has 0 aliphatic heterocycles. The molecule has 0 radical (unpaired) electrons. The number of hydrogen-bond donors (Lipinski definition) is 0. The highest BCUT2D eigenvalue weighted by Crippen LogP contribution is 2.41. The second-order valence-electron chi connectivity index (χ2n) is 12.7. The molecule has 10 rings (SSSR count). The Bertz CT molecular complexity index is 2840. The summed E-state index contributed by atoms with van der Waals surface area (Å²) in [5.74, 6) is 1.79. The predicted molar refractivity (Wildman–Crippen MR) is 213 cm³/mol. The van der Waals surface area contributed by atoms with E-state index in [0.29, 0.717) is 17.5 Å². The summed E-state index contributed by atoms with van der Waals surface area (Å²) in [6, 6.07) is 58.1. The van der Waals surface area contributed by atoms with Crippen LogP contribution in [0.2, 0.25) is 0 Å². The summed E-state index contributed by atoms with van der Waals surface area (Å²) in [5.41, 5.74) is 10.7. The molecule has 0 fully saturated rings. The molecule has 0 atom stereocenters. The lowest BCUT2D eigenvalue weighted by Gasteiger charge is -2.08. The highest BCUT2D eigenvalue weighted by Gasteiger charge is 2.20. The van der Waals surface area contributed by atoms with Crippen molar-refractivity contribution in [2.75, 3.05) is 0 Å². The fourth-order valence-corrected chi connectivity index (χ4v) is 7.78. The number of para-hydroxylation sites is 2. The van der Waals surface area contributed by atoms with E-state index in [4.69, 9.17) is 24.4 Å². The lowest BCUT2D eigenvalue weighted by Crippen LogP contribution is -2.00. The second-order valence-corrected chi connectivity index (χ2v) is 13.7. The summed E-state index contributed by atoms with van der Waals surface area (Å²) in [6.07, 6.45) is 0. The van der Waals surface area contributed by atoms with Crippen molar-refractivity contribution in [1.82, 2.24) is 19.9 Å². The molecular formula is C46H28N4OS. The van der Waals surface area contributed by atoms with Gasteiger partial charge in [-0.05, 0) is 41.0 Å². The average Bonchev–Trinajstić information content (AvgIpc) is 3.83. The molecule has 0 unspecified atom stereocenters. The molecule has 0 saturated heterocycles. The number of aromatic nitrogens is 4. The average molecular weight is 685 g/mol. The molecule has 0 N–H and O–H groups in total. The number of furan rings is 1. The van der Waals surface area contributed by atoms with Gasteiger partial charge in [0.05, 0.1) is 15.8 Å². The van der Waals surface area contributed by atoms with Gasteiger partial charge in [0.25, 0.3) is 0 Å². The standard InChI is InChI=1S/C46H28N4OS/c1-4-13-29(14-5-1)32-25-26-40-39(28-32)47-46(52-40)34-20-10-19-33(27-34)35-21-11-22-36-37-23-12-24-38(42(37)51-41(35)36)45-49-43(30-15-6-2-7-16-30)48-44(50-45)31-17-8-3-9-18-31/h1-28H. The molecule has 0 aliphatic carbocycles. The smallest absolute Gasteiger partial charge is 0.167 e. The van der Waals surface area contributed by atoms with Crippen LogP contribution in [0.4, 0.5) is 0 Å². The van der Waals surface area contributed by atoms with Crippen molar-refractivity contribution in [2.24, 2.45) is 0 Å². The van der Waals surface area contributed by atoms with Crippen molar-refractivity contribution in [1.29, 1.82) is 0 Å². The summed E-state index contributed by atoms with van der Waals surface area (Å²) in [5, 5.41) is 3.03. The van der Waals surface area contributed by atoms with Gasteiger partial charge in [-0.15, -0.1) is 11.3 Å². The van der Waals surface area contributed by atoms with E-state index in [0.717, 1.165) is 70.5 Å².